The van der Waals surface area contributed by atoms with E-state index in [-0.39, 0.29) is 24.8 Å². The molecule has 3 rings (SSSR count). The number of para-hydroxylation sites is 1. The SMILES string of the molecule is C1=Cc2ccccc2NN=C1.Cl.Cl.c1c[nH]cn1. The Balaban J connectivity index is 0.000000357. The number of aromatic nitrogens is 2. The third-order valence-electron chi connectivity index (χ3n) is 1.99. The van der Waals surface area contributed by atoms with Gasteiger partial charge in [-0.05, 0) is 17.7 Å². The lowest BCUT2D eigenvalue weighted by Gasteiger charge is -2.00. The van der Waals surface area contributed by atoms with Crippen LogP contribution in [0.2, 0.25) is 0 Å². The highest BCUT2D eigenvalue weighted by Gasteiger charge is 1.96. The van der Waals surface area contributed by atoms with Crippen LogP contribution in [0.15, 0.2) is 54.2 Å². The van der Waals surface area contributed by atoms with Crippen molar-refractivity contribution in [3.63, 3.8) is 0 Å². The fraction of sp³-hybridized carbons (Fsp3) is 0. The molecular weight excluding hydrogens is 271 g/mol. The van der Waals surface area contributed by atoms with Gasteiger partial charge in [-0.25, -0.2) is 4.98 Å². The number of halogens is 2. The molecule has 1 aliphatic heterocycles. The lowest BCUT2D eigenvalue weighted by molar-refractivity contribution is 1.31. The van der Waals surface area contributed by atoms with Crippen LogP contribution in [0.4, 0.5) is 5.69 Å². The van der Waals surface area contributed by atoms with Crippen LogP contribution >= 0.6 is 24.8 Å². The molecule has 0 unspecified atom stereocenters. The van der Waals surface area contributed by atoms with Crippen molar-refractivity contribution in [1.82, 2.24) is 9.97 Å². The predicted molar refractivity (Wildman–Crippen MR) is 80.7 cm³/mol. The number of anilines is 1. The maximum Gasteiger partial charge on any atom is 0.0919 e. The first kappa shape index (κ1) is 16.2. The van der Waals surface area contributed by atoms with Crippen molar-refractivity contribution in [3.05, 3.63) is 54.6 Å². The largest absolute Gasteiger partial charge is 0.351 e. The Morgan fingerprint density at radius 3 is 2.56 bits per heavy atom. The van der Waals surface area contributed by atoms with Crippen molar-refractivity contribution in [2.75, 3.05) is 5.43 Å². The zero-order valence-electron chi connectivity index (χ0n) is 9.48. The number of nitrogens with one attached hydrogen (secondary N) is 2. The van der Waals surface area contributed by atoms with E-state index in [1.165, 1.54) is 5.56 Å². The fourth-order valence-electron chi connectivity index (χ4n) is 1.26. The summed E-state index contributed by atoms with van der Waals surface area (Å²) in [5, 5.41) is 3.95. The van der Waals surface area contributed by atoms with Gasteiger partial charge in [-0.15, -0.1) is 24.8 Å². The number of hydrogen-bond donors (Lipinski definition) is 2. The Bertz CT molecular complexity index is 463. The Labute approximate surface area is 118 Å². The van der Waals surface area contributed by atoms with Gasteiger partial charge in [0.25, 0.3) is 0 Å². The van der Waals surface area contributed by atoms with E-state index in [1.54, 1.807) is 24.9 Å². The number of hydrogen-bond acceptors (Lipinski definition) is 3. The van der Waals surface area contributed by atoms with Crippen LogP contribution in [0.1, 0.15) is 5.56 Å². The van der Waals surface area contributed by atoms with Crippen LogP contribution in [-0.2, 0) is 0 Å². The molecule has 4 nitrogen and oxygen atoms in total. The van der Waals surface area contributed by atoms with E-state index in [2.05, 4.69) is 20.5 Å². The molecule has 96 valence electrons. The normalized spacial score (nSPS) is 10.4. The number of hydrazone groups is 1. The molecule has 2 N–H and O–H groups in total. The standard InChI is InChI=1S/C9H8N2.C3H4N2.2ClH/c1-2-6-9-8(4-1)5-3-7-10-11-9;1-2-5-3-4-1;;/h1-7,11H;1-3H,(H,4,5);2*1H. The van der Waals surface area contributed by atoms with Crippen LogP contribution < -0.4 is 5.43 Å². The number of aromatic amines is 1. The number of allylic oxidation sites excluding steroid dienone is 1. The molecule has 0 spiro atoms. The van der Waals surface area contributed by atoms with E-state index in [4.69, 9.17) is 0 Å². The summed E-state index contributed by atoms with van der Waals surface area (Å²) >= 11 is 0. The van der Waals surface area contributed by atoms with E-state index < -0.39 is 0 Å². The second-order valence-electron chi connectivity index (χ2n) is 3.10. The van der Waals surface area contributed by atoms with E-state index in [0.29, 0.717) is 0 Å². The monoisotopic (exact) mass is 284 g/mol. The Hall–Kier alpha value is -1.78. The summed E-state index contributed by atoms with van der Waals surface area (Å²) in [4.78, 5) is 6.42. The second kappa shape index (κ2) is 9.27. The van der Waals surface area contributed by atoms with Gasteiger partial charge in [-0.3, -0.25) is 5.43 Å². The first-order valence-electron chi connectivity index (χ1n) is 4.94. The first-order valence-corrected chi connectivity index (χ1v) is 4.94. The molecule has 0 amide bonds. The minimum absolute atomic E-state index is 0. The lowest BCUT2D eigenvalue weighted by atomic mass is 10.2. The van der Waals surface area contributed by atoms with Gasteiger partial charge >= 0.3 is 0 Å². The molecule has 0 fully saturated rings. The van der Waals surface area contributed by atoms with Crippen LogP contribution in [0.5, 0.6) is 0 Å². The highest BCUT2D eigenvalue weighted by Crippen LogP contribution is 2.17. The van der Waals surface area contributed by atoms with E-state index in [1.807, 2.05) is 36.4 Å². The number of H-pyrrole nitrogens is 1. The minimum Gasteiger partial charge on any atom is -0.351 e. The molecule has 0 atom stereocenters. The first-order chi connectivity index (χ1) is 7.97. The molecule has 1 aliphatic rings. The third kappa shape index (κ3) is 5.03. The van der Waals surface area contributed by atoms with Gasteiger partial charge in [0, 0.05) is 18.6 Å². The van der Waals surface area contributed by atoms with Gasteiger partial charge < -0.3 is 4.98 Å². The van der Waals surface area contributed by atoms with Gasteiger partial charge in [0.2, 0.25) is 0 Å². The smallest absolute Gasteiger partial charge is 0.0919 e. The molecule has 0 bridgehead atoms. The Morgan fingerprint density at radius 1 is 1.06 bits per heavy atom. The van der Waals surface area contributed by atoms with Crippen LogP contribution in [-0.4, -0.2) is 16.2 Å². The van der Waals surface area contributed by atoms with Gasteiger partial charge in [-0.1, -0.05) is 24.3 Å². The topological polar surface area (TPSA) is 53.1 Å². The summed E-state index contributed by atoms with van der Waals surface area (Å²) in [5.41, 5.74) is 5.16. The average Bonchev–Trinajstić information content (AvgIpc) is 2.81. The van der Waals surface area contributed by atoms with Crippen molar-refractivity contribution >= 4 is 42.8 Å². The number of rotatable bonds is 0. The predicted octanol–water partition coefficient (Wildman–Crippen LogP) is 3.36. The number of benzene rings is 1. The van der Waals surface area contributed by atoms with Crippen LogP contribution in [0.25, 0.3) is 6.08 Å². The molecule has 0 aliphatic carbocycles. The van der Waals surface area contributed by atoms with Gasteiger partial charge in [0.15, 0.2) is 0 Å². The van der Waals surface area contributed by atoms with Gasteiger partial charge in [0.1, 0.15) is 0 Å². The minimum atomic E-state index is 0. The summed E-state index contributed by atoms with van der Waals surface area (Å²) in [6.07, 6.45) is 10.8. The molecule has 6 heteroatoms. The maximum absolute atomic E-state index is 3.95. The molecule has 0 radical (unpaired) electrons. The number of imidazole rings is 1. The number of nitrogens with zero attached hydrogens (tertiary/aromatic N) is 2. The van der Waals surface area contributed by atoms with Crippen molar-refractivity contribution in [2.24, 2.45) is 5.10 Å². The summed E-state index contributed by atoms with van der Waals surface area (Å²) in [5.74, 6) is 0. The molecular formula is C12H14Cl2N4. The highest BCUT2D eigenvalue weighted by atomic mass is 35.5. The van der Waals surface area contributed by atoms with Crippen molar-refractivity contribution < 1.29 is 0 Å². The summed E-state index contributed by atoms with van der Waals surface area (Å²) in [6.45, 7) is 0. The lowest BCUT2D eigenvalue weighted by Crippen LogP contribution is -1.87. The van der Waals surface area contributed by atoms with E-state index in [9.17, 15) is 0 Å². The second-order valence-corrected chi connectivity index (χ2v) is 3.10. The van der Waals surface area contributed by atoms with E-state index >= 15 is 0 Å². The average molecular weight is 285 g/mol. The van der Waals surface area contributed by atoms with E-state index in [0.717, 1.165) is 5.69 Å². The van der Waals surface area contributed by atoms with Crippen LogP contribution in [0.3, 0.4) is 0 Å². The summed E-state index contributed by atoms with van der Waals surface area (Å²) in [7, 11) is 0. The molecule has 18 heavy (non-hydrogen) atoms. The zero-order valence-corrected chi connectivity index (χ0v) is 11.1. The summed E-state index contributed by atoms with van der Waals surface area (Å²) in [6, 6.07) is 8.05. The Morgan fingerprint density at radius 2 is 1.89 bits per heavy atom. The molecule has 0 saturated heterocycles. The third-order valence-corrected chi connectivity index (χ3v) is 1.99. The molecule has 1 aromatic heterocycles. The number of fused-ring (bicyclic) bond motifs is 1. The highest BCUT2D eigenvalue weighted by molar-refractivity contribution is 5.85. The summed E-state index contributed by atoms with van der Waals surface area (Å²) < 4.78 is 0. The molecule has 0 saturated carbocycles. The molecule has 1 aromatic carbocycles. The Kier molecular flexibility index (Phi) is 8.35. The van der Waals surface area contributed by atoms with Gasteiger partial charge in [-0.2, -0.15) is 5.10 Å². The quantitative estimate of drug-likeness (QED) is 0.779. The van der Waals surface area contributed by atoms with Crippen molar-refractivity contribution in [3.8, 4) is 0 Å². The fourth-order valence-corrected chi connectivity index (χ4v) is 1.26. The van der Waals surface area contributed by atoms with Gasteiger partial charge in [0.05, 0.1) is 12.0 Å². The maximum atomic E-state index is 3.95. The molecule has 2 heterocycles. The molecule has 2 aromatic rings. The van der Waals surface area contributed by atoms with Crippen molar-refractivity contribution in [1.29, 1.82) is 0 Å². The zero-order chi connectivity index (χ0) is 11.1. The van der Waals surface area contributed by atoms with Crippen LogP contribution in [0, 0.1) is 0 Å². The van der Waals surface area contributed by atoms with Crippen molar-refractivity contribution in [2.45, 2.75) is 0 Å².